The van der Waals surface area contributed by atoms with Gasteiger partial charge < -0.3 is 21.3 Å². The number of carbonyl (C=O) groups excluding carboxylic acids is 4. The van der Waals surface area contributed by atoms with Gasteiger partial charge in [-0.15, -0.1) is 0 Å². The Labute approximate surface area is 218 Å². The summed E-state index contributed by atoms with van der Waals surface area (Å²) in [6.07, 6.45) is -4.99. The van der Waals surface area contributed by atoms with Crippen molar-refractivity contribution in [1.29, 1.82) is 0 Å². The van der Waals surface area contributed by atoms with Gasteiger partial charge in [-0.1, -0.05) is 20.8 Å². The lowest BCUT2D eigenvalue weighted by Gasteiger charge is -2.35. The minimum atomic E-state index is -5.26. The van der Waals surface area contributed by atoms with E-state index in [1.165, 1.54) is 27.8 Å². The Balaban J connectivity index is 2.17. The number of nitrogens with zero attached hydrogens (tertiary/aromatic N) is 1. The number of amidine groups is 1. The summed E-state index contributed by atoms with van der Waals surface area (Å²) in [7, 11) is 1.37. The zero-order chi connectivity index (χ0) is 29.3. The smallest absolute Gasteiger partial charge is 0.351 e. The van der Waals surface area contributed by atoms with Crippen LogP contribution < -0.4 is 21.3 Å². The van der Waals surface area contributed by atoms with Crippen LogP contribution in [0, 0.1) is 17.3 Å². The van der Waals surface area contributed by atoms with E-state index in [1.54, 1.807) is 5.32 Å². The first-order valence-electron chi connectivity index (χ1n) is 12.3. The first kappa shape index (κ1) is 31.4. The van der Waals surface area contributed by atoms with E-state index in [1.807, 2.05) is 13.8 Å². The highest BCUT2D eigenvalue weighted by Gasteiger charge is 2.58. The number of halogens is 5. The van der Waals surface area contributed by atoms with E-state index >= 15 is 0 Å². The van der Waals surface area contributed by atoms with E-state index in [4.69, 9.17) is 0 Å². The molecule has 2 aliphatic rings. The molecule has 38 heavy (non-hydrogen) atoms. The van der Waals surface area contributed by atoms with E-state index in [0.717, 1.165) is 0 Å². The summed E-state index contributed by atoms with van der Waals surface area (Å²) in [6, 6.07) is -3.27. The molecule has 0 aromatic rings. The predicted octanol–water partition coefficient (Wildman–Crippen LogP) is 2.45. The van der Waals surface area contributed by atoms with Crippen LogP contribution >= 0.6 is 0 Å². The molecule has 4 amide bonds. The summed E-state index contributed by atoms with van der Waals surface area (Å²) in [5.41, 5.74) is -1.59. The third-order valence-corrected chi connectivity index (χ3v) is 6.70. The molecule has 0 spiro atoms. The molecule has 1 saturated heterocycles. The second-order valence-corrected chi connectivity index (χ2v) is 11.7. The maximum Gasteiger partial charge on any atom is 0.471 e. The summed E-state index contributed by atoms with van der Waals surface area (Å²) >= 11 is 0. The molecule has 216 valence electrons. The van der Waals surface area contributed by atoms with Gasteiger partial charge in [-0.3, -0.25) is 24.2 Å². The number of aliphatic imine (C=N–C) groups is 1. The SMILES string of the molecule is C/N=C(\CC1CCC(C)(C)NC1=O)NC(=O)C(CC1CC1(F)F)NC(=O)C(NC(=O)C(F)(F)F)C(C)(C)C. The topological polar surface area (TPSA) is 129 Å². The molecule has 4 atom stereocenters. The highest BCUT2D eigenvalue weighted by atomic mass is 19.4. The number of alkyl halides is 5. The molecule has 14 heteroatoms. The van der Waals surface area contributed by atoms with Crippen LogP contribution in [0.25, 0.3) is 0 Å². The van der Waals surface area contributed by atoms with Crippen molar-refractivity contribution in [2.75, 3.05) is 7.05 Å². The maximum atomic E-state index is 13.7. The highest BCUT2D eigenvalue weighted by molar-refractivity contribution is 6.03. The highest BCUT2D eigenvalue weighted by Crippen LogP contribution is 2.51. The molecule has 0 radical (unpaired) electrons. The minimum Gasteiger partial charge on any atom is -0.351 e. The van der Waals surface area contributed by atoms with Crippen molar-refractivity contribution in [2.45, 2.75) is 96.4 Å². The lowest BCUT2D eigenvalue weighted by molar-refractivity contribution is -0.175. The van der Waals surface area contributed by atoms with Crippen LogP contribution in [-0.4, -0.2) is 66.2 Å². The third-order valence-electron chi connectivity index (χ3n) is 6.70. The summed E-state index contributed by atoms with van der Waals surface area (Å²) in [4.78, 5) is 54.0. The number of hydrogen-bond acceptors (Lipinski definition) is 5. The Morgan fingerprint density at radius 2 is 1.68 bits per heavy atom. The molecule has 1 aliphatic carbocycles. The van der Waals surface area contributed by atoms with E-state index in [-0.39, 0.29) is 23.7 Å². The summed E-state index contributed by atoms with van der Waals surface area (Å²) < 4.78 is 65.8. The lowest BCUT2D eigenvalue weighted by Crippen LogP contribution is -2.59. The molecule has 0 aromatic heterocycles. The van der Waals surface area contributed by atoms with Crippen molar-refractivity contribution >= 4 is 29.5 Å². The lowest BCUT2D eigenvalue weighted by atomic mass is 9.84. The Kier molecular flexibility index (Phi) is 9.20. The molecule has 1 aliphatic heterocycles. The summed E-state index contributed by atoms with van der Waals surface area (Å²) in [5.74, 6) is -9.28. The van der Waals surface area contributed by atoms with Crippen molar-refractivity contribution in [3.05, 3.63) is 0 Å². The quantitative estimate of drug-likeness (QED) is 0.209. The van der Waals surface area contributed by atoms with Gasteiger partial charge in [0.2, 0.25) is 17.7 Å². The van der Waals surface area contributed by atoms with Crippen LogP contribution in [0.15, 0.2) is 4.99 Å². The van der Waals surface area contributed by atoms with Gasteiger partial charge in [-0.2, -0.15) is 13.2 Å². The number of nitrogens with one attached hydrogen (secondary N) is 4. The molecule has 2 rings (SSSR count). The Morgan fingerprint density at radius 3 is 2.13 bits per heavy atom. The largest absolute Gasteiger partial charge is 0.471 e. The molecule has 9 nitrogen and oxygen atoms in total. The van der Waals surface area contributed by atoms with Crippen LogP contribution in [0.4, 0.5) is 22.0 Å². The Hall–Kier alpha value is -2.80. The molecular weight excluding hydrogens is 517 g/mol. The first-order chi connectivity index (χ1) is 17.2. The van der Waals surface area contributed by atoms with E-state index in [9.17, 15) is 41.1 Å². The molecular formula is C24H36F5N5O4. The number of amides is 4. The molecule has 1 heterocycles. The average molecular weight is 554 g/mol. The molecule has 2 fully saturated rings. The Bertz CT molecular complexity index is 974. The van der Waals surface area contributed by atoms with Gasteiger partial charge in [-0.05, 0) is 38.5 Å². The first-order valence-corrected chi connectivity index (χ1v) is 12.3. The number of piperidine rings is 1. The Morgan fingerprint density at radius 1 is 1.11 bits per heavy atom. The third kappa shape index (κ3) is 8.62. The minimum absolute atomic E-state index is 0.0522. The van der Waals surface area contributed by atoms with Gasteiger partial charge in [0.25, 0.3) is 5.92 Å². The number of rotatable bonds is 8. The van der Waals surface area contributed by atoms with Crippen molar-refractivity contribution in [1.82, 2.24) is 21.3 Å². The van der Waals surface area contributed by atoms with Crippen LogP contribution in [0.1, 0.15) is 66.7 Å². The van der Waals surface area contributed by atoms with E-state index in [0.29, 0.717) is 12.8 Å². The monoisotopic (exact) mass is 553 g/mol. The van der Waals surface area contributed by atoms with Crippen molar-refractivity contribution in [2.24, 2.45) is 22.2 Å². The van der Waals surface area contributed by atoms with Crippen molar-refractivity contribution in [3.63, 3.8) is 0 Å². The average Bonchev–Trinajstić information content (AvgIpc) is 3.35. The standard InChI is InChI=1S/C24H36F5N5O4/c1-21(2,3)16(33-20(38)24(27,28)29)19(37)31-14(10-13-11-23(13,25)26)18(36)32-15(30-6)9-12-7-8-22(4,5)34-17(12)35/h12-14,16H,7-11H2,1-6H3,(H,31,37)(H,33,38)(H,34,35)(H,30,32,36). The van der Waals surface area contributed by atoms with Gasteiger partial charge >= 0.3 is 12.1 Å². The van der Waals surface area contributed by atoms with Crippen LogP contribution in [0.2, 0.25) is 0 Å². The molecule has 4 unspecified atom stereocenters. The van der Waals surface area contributed by atoms with E-state index < -0.39 is 72.0 Å². The zero-order valence-electron chi connectivity index (χ0n) is 22.3. The second-order valence-electron chi connectivity index (χ2n) is 11.7. The number of hydrogen-bond donors (Lipinski definition) is 4. The van der Waals surface area contributed by atoms with Crippen LogP contribution in [-0.2, 0) is 19.2 Å². The summed E-state index contributed by atoms with van der Waals surface area (Å²) in [5, 5.41) is 9.20. The fourth-order valence-electron chi connectivity index (χ4n) is 4.20. The van der Waals surface area contributed by atoms with Gasteiger partial charge in [0, 0.05) is 37.3 Å². The molecule has 4 N–H and O–H groups in total. The predicted molar refractivity (Wildman–Crippen MR) is 128 cm³/mol. The number of carbonyl (C=O) groups is 4. The fraction of sp³-hybridized carbons (Fsp3) is 0.792. The zero-order valence-corrected chi connectivity index (χ0v) is 22.3. The fourth-order valence-corrected chi connectivity index (χ4v) is 4.20. The maximum absolute atomic E-state index is 13.7. The van der Waals surface area contributed by atoms with Gasteiger partial charge in [0.1, 0.15) is 17.9 Å². The molecule has 0 aromatic carbocycles. The normalized spacial score (nSPS) is 24.5. The molecule has 0 bridgehead atoms. The van der Waals surface area contributed by atoms with Crippen molar-refractivity contribution < 1.29 is 41.1 Å². The van der Waals surface area contributed by atoms with Gasteiger partial charge in [0.15, 0.2) is 0 Å². The second kappa shape index (κ2) is 11.1. The molecule has 1 saturated carbocycles. The van der Waals surface area contributed by atoms with Gasteiger partial charge in [-0.25, -0.2) is 8.78 Å². The van der Waals surface area contributed by atoms with Crippen molar-refractivity contribution in [3.8, 4) is 0 Å². The van der Waals surface area contributed by atoms with E-state index in [2.05, 4.69) is 20.9 Å². The van der Waals surface area contributed by atoms with Crippen LogP contribution in [0.5, 0.6) is 0 Å². The van der Waals surface area contributed by atoms with Gasteiger partial charge in [0.05, 0.1) is 0 Å². The van der Waals surface area contributed by atoms with Crippen LogP contribution in [0.3, 0.4) is 0 Å². The summed E-state index contributed by atoms with van der Waals surface area (Å²) in [6.45, 7) is 7.95.